The third kappa shape index (κ3) is 5.34. The van der Waals surface area contributed by atoms with Crippen molar-refractivity contribution < 1.29 is 0 Å². The first-order valence-electron chi connectivity index (χ1n) is 11.2. The minimum Gasteiger partial charge on any atom is -0.0614 e. The van der Waals surface area contributed by atoms with Crippen molar-refractivity contribution in [1.29, 1.82) is 0 Å². The highest BCUT2D eigenvalue weighted by atomic mass is 14.2. The zero-order valence-corrected chi connectivity index (χ0v) is 19.4. The number of allylic oxidation sites excluding steroid dienone is 2. The third-order valence-electron chi connectivity index (χ3n) is 5.65. The molecule has 0 saturated carbocycles. The van der Waals surface area contributed by atoms with E-state index in [9.17, 15) is 0 Å². The van der Waals surface area contributed by atoms with Crippen LogP contribution in [0.4, 0.5) is 0 Å². The maximum Gasteiger partial charge on any atom is -0.00991 e. The molecule has 0 aliphatic heterocycles. The molecule has 0 aliphatic rings. The predicted octanol–water partition coefficient (Wildman–Crippen LogP) is 8.70. The molecule has 4 aromatic carbocycles. The topological polar surface area (TPSA) is 0 Å². The summed E-state index contributed by atoms with van der Waals surface area (Å²) >= 11 is 0. The average Bonchev–Trinajstić information content (AvgIpc) is 2.76. The van der Waals surface area contributed by atoms with Gasteiger partial charge in [0.25, 0.3) is 0 Å². The minimum atomic E-state index is 1.21. The van der Waals surface area contributed by atoms with Crippen LogP contribution in [0.3, 0.4) is 0 Å². The van der Waals surface area contributed by atoms with Crippen LogP contribution in [0.1, 0.15) is 44.5 Å². The van der Waals surface area contributed by atoms with Crippen molar-refractivity contribution in [2.45, 2.75) is 27.7 Å². The summed E-state index contributed by atoms with van der Waals surface area (Å²) in [5.41, 5.74) is 12.4. The largest absolute Gasteiger partial charge is 0.0614 e. The molecule has 0 atom stereocenters. The van der Waals surface area contributed by atoms with Crippen LogP contribution in [-0.4, -0.2) is 0 Å². The molecule has 0 amide bonds. The highest BCUT2D eigenvalue weighted by Crippen LogP contribution is 2.35. The number of rotatable bonds is 5. The Labute approximate surface area is 192 Å². The van der Waals surface area contributed by atoms with Crippen LogP contribution in [0.2, 0.25) is 0 Å². The van der Waals surface area contributed by atoms with Gasteiger partial charge in [0.15, 0.2) is 0 Å². The lowest BCUT2D eigenvalue weighted by atomic mass is 9.88. The van der Waals surface area contributed by atoms with Crippen molar-refractivity contribution in [3.05, 3.63) is 142 Å². The van der Waals surface area contributed by atoms with E-state index in [1.807, 2.05) is 0 Å². The Morgan fingerprint density at radius 1 is 0.438 bits per heavy atom. The Morgan fingerprint density at radius 2 is 0.781 bits per heavy atom. The molecule has 4 aromatic rings. The van der Waals surface area contributed by atoms with E-state index < -0.39 is 0 Å². The molecule has 0 heterocycles. The Bertz CT molecular complexity index is 1200. The third-order valence-corrected chi connectivity index (χ3v) is 5.65. The number of hydrogen-bond donors (Lipinski definition) is 0. The SMILES string of the molecule is Cc1cccc(/C=C(/C(=C/c2cccc(C)c2)c2cccc(C)c2)c2cccc(C)c2)c1. The van der Waals surface area contributed by atoms with E-state index in [1.165, 1.54) is 55.7 Å². The Balaban J connectivity index is 2.00. The molecule has 0 nitrogen and oxygen atoms in total. The smallest absolute Gasteiger partial charge is 0.00991 e. The minimum absolute atomic E-state index is 1.21. The second-order valence-electron chi connectivity index (χ2n) is 8.68. The first kappa shape index (κ1) is 21.6. The van der Waals surface area contributed by atoms with Gasteiger partial charge < -0.3 is 0 Å². The zero-order valence-electron chi connectivity index (χ0n) is 19.4. The molecule has 0 fully saturated rings. The lowest BCUT2D eigenvalue weighted by Crippen LogP contribution is -1.94. The quantitative estimate of drug-likeness (QED) is 0.226. The molecular formula is C32H30. The summed E-state index contributed by atoms with van der Waals surface area (Å²) in [5.74, 6) is 0. The van der Waals surface area contributed by atoms with Crippen LogP contribution in [0.5, 0.6) is 0 Å². The van der Waals surface area contributed by atoms with Gasteiger partial charge in [-0.1, -0.05) is 119 Å². The van der Waals surface area contributed by atoms with E-state index >= 15 is 0 Å². The lowest BCUT2D eigenvalue weighted by molar-refractivity contribution is 1.43. The van der Waals surface area contributed by atoms with E-state index in [0.717, 1.165) is 0 Å². The van der Waals surface area contributed by atoms with E-state index in [4.69, 9.17) is 0 Å². The zero-order chi connectivity index (χ0) is 22.5. The molecule has 32 heavy (non-hydrogen) atoms. The normalized spacial score (nSPS) is 12.1. The fraction of sp³-hybridized carbons (Fsp3) is 0.125. The van der Waals surface area contributed by atoms with Gasteiger partial charge in [-0.2, -0.15) is 0 Å². The summed E-state index contributed by atoms with van der Waals surface area (Å²) in [6, 6.07) is 35.0. The molecule has 0 N–H and O–H groups in total. The van der Waals surface area contributed by atoms with Crippen molar-refractivity contribution in [2.75, 3.05) is 0 Å². The molecule has 158 valence electrons. The molecule has 0 aliphatic carbocycles. The monoisotopic (exact) mass is 414 g/mol. The van der Waals surface area contributed by atoms with Gasteiger partial charge in [-0.05, 0) is 73.2 Å². The summed E-state index contributed by atoms with van der Waals surface area (Å²) in [7, 11) is 0. The first-order chi connectivity index (χ1) is 15.5. The van der Waals surface area contributed by atoms with Gasteiger partial charge in [0.2, 0.25) is 0 Å². The lowest BCUT2D eigenvalue weighted by Gasteiger charge is -2.16. The van der Waals surface area contributed by atoms with Crippen molar-refractivity contribution in [3.63, 3.8) is 0 Å². The van der Waals surface area contributed by atoms with E-state index in [2.05, 4.69) is 137 Å². The Hall–Kier alpha value is -3.64. The van der Waals surface area contributed by atoms with Crippen molar-refractivity contribution in [2.24, 2.45) is 0 Å². The van der Waals surface area contributed by atoms with Crippen LogP contribution in [0, 0.1) is 27.7 Å². The van der Waals surface area contributed by atoms with Crippen LogP contribution < -0.4 is 0 Å². The molecule has 0 aromatic heterocycles. The van der Waals surface area contributed by atoms with Crippen LogP contribution >= 0.6 is 0 Å². The summed E-state index contributed by atoms with van der Waals surface area (Å²) in [6.45, 7) is 8.61. The predicted molar refractivity (Wildman–Crippen MR) is 140 cm³/mol. The maximum absolute atomic E-state index is 2.33. The molecule has 0 heteroatoms. The van der Waals surface area contributed by atoms with Gasteiger partial charge in [-0.3, -0.25) is 0 Å². The van der Waals surface area contributed by atoms with Crippen LogP contribution in [-0.2, 0) is 0 Å². The van der Waals surface area contributed by atoms with Crippen LogP contribution in [0.15, 0.2) is 97.1 Å². The van der Waals surface area contributed by atoms with Crippen LogP contribution in [0.25, 0.3) is 23.3 Å². The van der Waals surface area contributed by atoms with Gasteiger partial charge in [0, 0.05) is 0 Å². The summed E-state index contributed by atoms with van der Waals surface area (Å²) in [6.07, 6.45) is 4.65. The standard InChI is InChI=1S/C32H30/c1-23-9-5-13-27(17-23)21-31(29-15-7-11-25(3)19-29)32(30-16-8-12-26(4)20-30)22-28-14-6-10-24(2)18-28/h5-22H,1-4H3/b31-21+,32-22+. The Kier molecular flexibility index (Phi) is 6.52. The number of benzene rings is 4. The van der Waals surface area contributed by atoms with Gasteiger partial charge in [-0.25, -0.2) is 0 Å². The molecule has 0 bridgehead atoms. The molecule has 0 radical (unpaired) electrons. The fourth-order valence-electron chi connectivity index (χ4n) is 4.11. The highest BCUT2D eigenvalue weighted by molar-refractivity contribution is 6.16. The fourth-order valence-corrected chi connectivity index (χ4v) is 4.11. The van der Waals surface area contributed by atoms with Gasteiger partial charge >= 0.3 is 0 Å². The number of aryl methyl sites for hydroxylation is 4. The Morgan fingerprint density at radius 3 is 1.12 bits per heavy atom. The van der Waals surface area contributed by atoms with Crippen molar-refractivity contribution >= 4 is 23.3 Å². The van der Waals surface area contributed by atoms with E-state index in [-0.39, 0.29) is 0 Å². The number of hydrogen-bond acceptors (Lipinski definition) is 0. The van der Waals surface area contributed by atoms with Gasteiger partial charge in [-0.15, -0.1) is 0 Å². The van der Waals surface area contributed by atoms with Gasteiger partial charge in [0.05, 0.1) is 0 Å². The van der Waals surface area contributed by atoms with Crippen molar-refractivity contribution in [3.8, 4) is 0 Å². The van der Waals surface area contributed by atoms with Gasteiger partial charge in [0.1, 0.15) is 0 Å². The molecule has 0 spiro atoms. The van der Waals surface area contributed by atoms with Crippen molar-refractivity contribution in [1.82, 2.24) is 0 Å². The summed E-state index contributed by atoms with van der Waals surface area (Å²) in [5, 5.41) is 0. The second-order valence-corrected chi connectivity index (χ2v) is 8.68. The molecule has 4 rings (SSSR count). The second kappa shape index (κ2) is 9.66. The molecule has 0 saturated heterocycles. The van der Waals surface area contributed by atoms with E-state index in [1.54, 1.807) is 0 Å². The maximum atomic E-state index is 2.33. The molecule has 0 unspecified atom stereocenters. The summed E-state index contributed by atoms with van der Waals surface area (Å²) < 4.78 is 0. The van der Waals surface area contributed by atoms with E-state index in [0.29, 0.717) is 0 Å². The highest BCUT2D eigenvalue weighted by Gasteiger charge is 2.13. The average molecular weight is 415 g/mol. The molecular weight excluding hydrogens is 384 g/mol. The first-order valence-corrected chi connectivity index (χ1v) is 11.2. The summed E-state index contributed by atoms with van der Waals surface area (Å²) in [4.78, 5) is 0.